The molecule has 3 N–H and O–H groups in total. The Morgan fingerprint density at radius 1 is 1.35 bits per heavy atom. The van der Waals surface area contributed by atoms with Gasteiger partial charge < -0.3 is 15.5 Å². The van der Waals surface area contributed by atoms with Gasteiger partial charge in [0.05, 0.1) is 18.4 Å². The van der Waals surface area contributed by atoms with E-state index in [4.69, 9.17) is 10.2 Å². The van der Waals surface area contributed by atoms with E-state index in [2.05, 4.69) is 17.2 Å². The standard InChI is InChI=1S/C16H16N2O2/c1-11-10-13(4-3-8-17)5-6-15(11)18-16(19)14-7-9-20-12(14)2/h5-7,9-10H,8,17H2,1-2H3,(H,18,19). The summed E-state index contributed by atoms with van der Waals surface area (Å²) in [5.74, 6) is 6.18. The molecule has 2 aromatic rings. The number of nitrogens with one attached hydrogen (secondary N) is 1. The van der Waals surface area contributed by atoms with E-state index in [-0.39, 0.29) is 5.91 Å². The molecule has 1 aromatic heterocycles. The van der Waals surface area contributed by atoms with Crippen LogP contribution >= 0.6 is 0 Å². The molecule has 4 heteroatoms. The average Bonchev–Trinajstić information content (AvgIpc) is 2.85. The Hall–Kier alpha value is -2.51. The van der Waals surface area contributed by atoms with Crippen LogP contribution in [-0.4, -0.2) is 12.5 Å². The van der Waals surface area contributed by atoms with E-state index in [1.54, 1.807) is 13.0 Å². The number of hydrogen-bond donors (Lipinski definition) is 2. The Morgan fingerprint density at radius 3 is 2.75 bits per heavy atom. The second kappa shape index (κ2) is 6.09. The quantitative estimate of drug-likeness (QED) is 0.822. The minimum Gasteiger partial charge on any atom is -0.469 e. The molecule has 0 unspecified atom stereocenters. The molecule has 20 heavy (non-hydrogen) atoms. The van der Waals surface area contributed by atoms with Crippen molar-refractivity contribution in [3.63, 3.8) is 0 Å². The molecule has 102 valence electrons. The molecule has 0 bridgehead atoms. The van der Waals surface area contributed by atoms with Gasteiger partial charge in [0.25, 0.3) is 5.91 Å². The van der Waals surface area contributed by atoms with Crippen LogP contribution in [0.1, 0.15) is 27.2 Å². The van der Waals surface area contributed by atoms with Gasteiger partial charge in [-0.25, -0.2) is 0 Å². The Morgan fingerprint density at radius 2 is 2.15 bits per heavy atom. The number of benzene rings is 1. The maximum Gasteiger partial charge on any atom is 0.259 e. The number of carbonyl (C=O) groups is 1. The smallest absolute Gasteiger partial charge is 0.259 e. The summed E-state index contributed by atoms with van der Waals surface area (Å²) in [6.07, 6.45) is 1.50. The van der Waals surface area contributed by atoms with Gasteiger partial charge in [-0.2, -0.15) is 0 Å². The third-order valence-electron chi connectivity index (χ3n) is 2.91. The van der Waals surface area contributed by atoms with Crippen molar-refractivity contribution in [3.05, 3.63) is 53.0 Å². The first kappa shape index (κ1) is 13.9. The number of rotatable bonds is 2. The Kier molecular flexibility index (Phi) is 4.24. The fourth-order valence-corrected chi connectivity index (χ4v) is 1.84. The molecule has 0 aliphatic carbocycles. The summed E-state index contributed by atoms with van der Waals surface area (Å²) in [6.45, 7) is 4.01. The summed E-state index contributed by atoms with van der Waals surface area (Å²) in [6, 6.07) is 7.26. The van der Waals surface area contributed by atoms with Crippen LogP contribution in [0.15, 0.2) is 34.9 Å². The molecule has 0 aliphatic rings. The first-order chi connectivity index (χ1) is 9.61. The first-order valence-electron chi connectivity index (χ1n) is 6.27. The predicted molar refractivity (Wildman–Crippen MR) is 78.5 cm³/mol. The summed E-state index contributed by atoms with van der Waals surface area (Å²) in [5, 5.41) is 2.86. The van der Waals surface area contributed by atoms with Crippen LogP contribution in [-0.2, 0) is 0 Å². The average molecular weight is 268 g/mol. The minimum atomic E-state index is -0.180. The highest BCUT2D eigenvalue weighted by atomic mass is 16.3. The van der Waals surface area contributed by atoms with E-state index >= 15 is 0 Å². The maximum atomic E-state index is 12.1. The topological polar surface area (TPSA) is 68.3 Å². The zero-order chi connectivity index (χ0) is 14.5. The molecule has 0 spiro atoms. The number of aryl methyl sites for hydroxylation is 2. The van der Waals surface area contributed by atoms with Gasteiger partial charge in [-0.05, 0) is 43.7 Å². The van der Waals surface area contributed by atoms with Gasteiger partial charge >= 0.3 is 0 Å². The predicted octanol–water partition coefficient (Wildman–Crippen LogP) is 2.46. The lowest BCUT2D eigenvalue weighted by atomic mass is 10.1. The lowest BCUT2D eigenvalue weighted by Crippen LogP contribution is -2.13. The van der Waals surface area contributed by atoms with Crippen LogP contribution in [0.3, 0.4) is 0 Å². The third-order valence-corrected chi connectivity index (χ3v) is 2.91. The SMILES string of the molecule is Cc1cc(C#CCN)ccc1NC(=O)c1ccoc1C. The molecule has 1 heterocycles. The zero-order valence-corrected chi connectivity index (χ0v) is 11.5. The molecule has 4 nitrogen and oxygen atoms in total. The van der Waals surface area contributed by atoms with E-state index in [1.807, 2.05) is 25.1 Å². The number of carbonyl (C=O) groups excluding carboxylic acids is 1. The zero-order valence-electron chi connectivity index (χ0n) is 11.5. The van der Waals surface area contributed by atoms with E-state index in [0.29, 0.717) is 17.9 Å². The van der Waals surface area contributed by atoms with Crippen molar-refractivity contribution < 1.29 is 9.21 Å². The maximum absolute atomic E-state index is 12.1. The van der Waals surface area contributed by atoms with E-state index in [1.165, 1.54) is 6.26 Å². The van der Waals surface area contributed by atoms with Crippen molar-refractivity contribution >= 4 is 11.6 Å². The number of nitrogens with two attached hydrogens (primary N) is 1. The summed E-state index contributed by atoms with van der Waals surface area (Å²) < 4.78 is 5.13. The van der Waals surface area contributed by atoms with Gasteiger partial charge in [-0.1, -0.05) is 11.8 Å². The van der Waals surface area contributed by atoms with Gasteiger partial charge in [0.2, 0.25) is 0 Å². The molecule has 0 atom stereocenters. The molecule has 0 saturated carbocycles. The minimum absolute atomic E-state index is 0.180. The molecule has 0 aliphatic heterocycles. The van der Waals surface area contributed by atoms with Crippen molar-refractivity contribution in [1.29, 1.82) is 0 Å². The largest absolute Gasteiger partial charge is 0.469 e. The second-order valence-corrected chi connectivity index (χ2v) is 4.38. The molecule has 0 fully saturated rings. The van der Waals surface area contributed by atoms with Gasteiger partial charge in [0, 0.05) is 11.3 Å². The van der Waals surface area contributed by atoms with Crippen molar-refractivity contribution in [3.8, 4) is 11.8 Å². The number of furan rings is 1. The van der Waals surface area contributed by atoms with Crippen molar-refractivity contribution in [2.24, 2.45) is 5.73 Å². The number of amides is 1. The monoisotopic (exact) mass is 268 g/mol. The van der Waals surface area contributed by atoms with Crippen LogP contribution in [0.5, 0.6) is 0 Å². The Labute approximate surface area is 118 Å². The van der Waals surface area contributed by atoms with Gasteiger partial charge in [-0.3, -0.25) is 4.79 Å². The van der Waals surface area contributed by atoms with Crippen LogP contribution in [0.25, 0.3) is 0 Å². The van der Waals surface area contributed by atoms with Crippen molar-refractivity contribution in [2.75, 3.05) is 11.9 Å². The fourth-order valence-electron chi connectivity index (χ4n) is 1.84. The second-order valence-electron chi connectivity index (χ2n) is 4.38. The van der Waals surface area contributed by atoms with Crippen molar-refractivity contribution in [2.45, 2.75) is 13.8 Å². The number of anilines is 1. The highest BCUT2D eigenvalue weighted by molar-refractivity contribution is 6.05. The number of hydrogen-bond acceptors (Lipinski definition) is 3. The highest BCUT2D eigenvalue weighted by Gasteiger charge is 2.12. The van der Waals surface area contributed by atoms with Crippen LogP contribution in [0.2, 0.25) is 0 Å². The molecule has 1 aromatic carbocycles. The highest BCUT2D eigenvalue weighted by Crippen LogP contribution is 2.18. The van der Waals surface area contributed by atoms with Gasteiger partial charge in [-0.15, -0.1) is 0 Å². The molecule has 2 rings (SSSR count). The Balaban J connectivity index is 2.18. The first-order valence-corrected chi connectivity index (χ1v) is 6.27. The lowest BCUT2D eigenvalue weighted by molar-refractivity contribution is 0.102. The van der Waals surface area contributed by atoms with Gasteiger partial charge in [0.15, 0.2) is 0 Å². The molecule has 0 radical (unpaired) electrons. The summed E-state index contributed by atoms with van der Waals surface area (Å²) >= 11 is 0. The van der Waals surface area contributed by atoms with E-state index < -0.39 is 0 Å². The summed E-state index contributed by atoms with van der Waals surface area (Å²) in [5.41, 5.74) is 8.46. The van der Waals surface area contributed by atoms with Crippen LogP contribution in [0, 0.1) is 25.7 Å². The van der Waals surface area contributed by atoms with E-state index in [0.717, 1.165) is 16.8 Å². The lowest BCUT2D eigenvalue weighted by Gasteiger charge is -2.08. The summed E-state index contributed by atoms with van der Waals surface area (Å²) in [4.78, 5) is 12.1. The molecular formula is C16H16N2O2. The van der Waals surface area contributed by atoms with Crippen LogP contribution in [0.4, 0.5) is 5.69 Å². The fraction of sp³-hybridized carbons (Fsp3) is 0.188. The molecule has 1 amide bonds. The molecular weight excluding hydrogens is 252 g/mol. The van der Waals surface area contributed by atoms with Crippen LogP contribution < -0.4 is 11.1 Å². The van der Waals surface area contributed by atoms with Gasteiger partial charge in [0.1, 0.15) is 5.76 Å². The Bertz CT molecular complexity index is 690. The normalized spacial score (nSPS) is 9.75. The summed E-state index contributed by atoms with van der Waals surface area (Å²) in [7, 11) is 0. The third kappa shape index (κ3) is 3.08. The van der Waals surface area contributed by atoms with Crippen molar-refractivity contribution in [1.82, 2.24) is 0 Å². The molecule has 0 saturated heterocycles. The van der Waals surface area contributed by atoms with E-state index in [9.17, 15) is 4.79 Å².